The molecule has 0 atom stereocenters. The van der Waals surface area contributed by atoms with E-state index in [-0.39, 0.29) is 0 Å². The quantitative estimate of drug-likeness (QED) is 0.636. The van der Waals surface area contributed by atoms with Crippen molar-refractivity contribution in [2.24, 2.45) is 0 Å². The summed E-state index contributed by atoms with van der Waals surface area (Å²) in [6.45, 7) is 0. The zero-order valence-electron chi connectivity index (χ0n) is 5.56. The van der Waals surface area contributed by atoms with E-state index in [9.17, 15) is 0 Å². The SMILES string of the molecule is [c]1nnsc1-c1ccccn1. The molecule has 0 unspecified atom stereocenters. The molecule has 1 radical (unpaired) electrons. The number of hydrogen-bond acceptors (Lipinski definition) is 4. The van der Waals surface area contributed by atoms with Crippen LogP contribution in [0.1, 0.15) is 0 Å². The lowest BCUT2D eigenvalue weighted by Gasteiger charge is -1.89. The Kier molecular flexibility index (Phi) is 1.61. The van der Waals surface area contributed by atoms with Gasteiger partial charge in [0.1, 0.15) is 11.1 Å². The van der Waals surface area contributed by atoms with E-state index in [4.69, 9.17) is 0 Å². The number of pyridine rings is 1. The zero-order chi connectivity index (χ0) is 7.52. The molecule has 3 nitrogen and oxygen atoms in total. The van der Waals surface area contributed by atoms with E-state index < -0.39 is 0 Å². The van der Waals surface area contributed by atoms with E-state index in [1.54, 1.807) is 6.20 Å². The van der Waals surface area contributed by atoms with Gasteiger partial charge in [-0.3, -0.25) is 4.98 Å². The van der Waals surface area contributed by atoms with Gasteiger partial charge in [0.2, 0.25) is 0 Å². The van der Waals surface area contributed by atoms with E-state index in [0.29, 0.717) is 0 Å². The fraction of sp³-hybridized carbons (Fsp3) is 0. The van der Waals surface area contributed by atoms with Gasteiger partial charge in [0.25, 0.3) is 0 Å². The molecule has 0 amide bonds. The first-order chi connectivity index (χ1) is 5.47. The molecule has 0 aromatic carbocycles. The highest BCUT2D eigenvalue weighted by Gasteiger charge is 1.99. The molecule has 11 heavy (non-hydrogen) atoms. The second-order valence-electron chi connectivity index (χ2n) is 1.93. The maximum atomic E-state index is 4.12. The minimum atomic E-state index is 0.877. The molecule has 2 rings (SSSR count). The molecule has 0 aliphatic carbocycles. The number of rotatable bonds is 1. The van der Waals surface area contributed by atoms with Crippen LogP contribution in [0.4, 0.5) is 0 Å². The van der Waals surface area contributed by atoms with Crippen LogP contribution in [-0.2, 0) is 0 Å². The van der Waals surface area contributed by atoms with E-state index in [1.165, 1.54) is 11.5 Å². The predicted octanol–water partition coefficient (Wildman–Crippen LogP) is 1.40. The summed E-state index contributed by atoms with van der Waals surface area (Å²) in [6.07, 6.45) is 4.49. The molecule has 0 saturated heterocycles. The van der Waals surface area contributed by atoms with Crippen LogP contribution in [0.5, 0.6) is 0 Å². The normalized spacial score (nSPS) is 9.82. The van der Waals surface area contributed by atoms with Crippen LogP contribution in [0.3, 0.4) is 0 Å². The smallest absolute Gasteiger partial charge is 0.137 e. The van der Waals surface area contributed by atoms with Gasteiger partial charge in [-0.05, 0) is 23.7 Å². The maximum absolute atomic E-state index is 4.12. The summed E-state index contributed by atoms with van der Waals surface area (Å²) in [7, 11) is 0. The van der Waals surface area contributed by atoms with Crippen LogP contribution in [0.25, 0.3) is 10.6 Å². The summed E-state index contributed by atoms with van der Waals surface area (Å²) in [4.78, 5) is 5.00. The van der Waals surface area contributed by atoms with Crippen molar-refractivity contribution >= 4 is 11.5 Å². The molecule has 4 heteroatoms. The Morgan fingerprint density at radius 2 is 2.36 bits per heavy atom. The second kappa shape index (κ2) is 2.75. The molecule has 0 bridgehead atoms. The van der Waals surface area contributed by atoms with Crippen molar-refractivity contribution in [1.29, 1.82) is 0 Å². The second-order valence-corrected chi connectivity index (χ2v) is 2.68. The number of nitrogens with zero attached hydrogens (tertiary/aromatic N) is 3. The van der Waals surface area contributed by atoms with Crippen molar-refractivity contribution in [2.45, 2.75) is 0 Å². The van der Waals surface area contributed by atoms with Crippen molar-refractivity contribution < 1.29 is 0 Å². The Bertz CT molecular complexity index is 317. The Labute approximate surface area is 67.9 Å². The van der Waals surface area contributed by atoms with Gasteiger partial charge in [0.15, 0.2) is 0 Å². The van der Waals surface area contributed by atoms with Crippen molar-refractivity contribution in [3.05, 3.63) is 30.6 Å². The Hall–Kier alpha value is -1.29. The lowest BCUT2D eigenvalue weighted by molar-refractivity contribution is 1.14. The number of aromatic nitrogens is 3. The molecule has 2 heterocycles. The van der Waals surface area contributed by atoms with Crippen LogP contribution >= 0.6 is 11.5 Å². The largest absolute Gasteiger partial charge is 0.255 e. The molecule has 53 valence electrons. The van der Waals surface area contributed by atoms with E-state index in [1.807, 2.05) is 18.2 Å². The summed E-state index contributed by atoms with van der Waals surface area (Å²) in [5, 5.41) is 3.60. The van der Waals surface area contributed by atoms with Gasteiger partial charge in [-0.2, -0.15) is 0 Å². The summed E-state index contributed by atoms with van der Waals surface area (Å²) in [5.74, 6) is 0. The Balaban J connectivity index is 2.46. The van der Waals surface area contributed by atoms with E-state index >= 15 is 0 Å². The number of hydrogen-bond donors (Lipinski definition) is 0. The molecule has 0 N–H and O–H groups in total. The molecule has 0 saturated carbocycles. The average Bonchev–Trinajstić information content (AvgIpc) is 2.58. The summed E-state index contributed by atoms with van der Waals surface area (Å²) < 4.78 is 3.69. The summed E-state index contributed by atoms with van der Waals surface area (Å²) >= 11 is 1.30. The van der Waals surface area contributed by atoms with Crippen LogP contribution in [0.15, 0.2) is 24.4 Å². The third-order valence-corrected chi connectivity index (χ3v) is 1.87. The van der Waals surface area contributed by atoms with E-state index in [0.717, 1.165) is 10.6 Å². The average molecular weight is 162 g/mol. The maximum Gasteiger partial charge on any atom is 0.137 e. The molecule has 0 spiro atoms. The lowest BCUT2D eigenvalue weighted by Crippen LogP contribution is -1.75. The summed E-state index contributed by atoms with van der Waals surface area (Å²) in [6, 6.07) is 5.71. The van der Waals surface area contributed by atoms with Crippen molar-refractivity contribution in [3.8, 4) is 10.6 Å². The van der Waals surface area contributed by atoms with Crippen molar-refractivity contribution in [2.75, 3.05) is 0 Å². The fourth-order valence-electron chi connectivity index (χ4n) is 0.749. The molecule has 0 aliphatic heterocycles. The van der Waals surface area contributed by atoms with Crippen LogP contribution in [-0.4, -0.2) is 14.6 Å². The molecular weight excluding hydrogens is 158 g/mol. The lowest BCUT2D eigenvalue weighted by atomic mass is 10.3. The van der Waals surface area contributed by atoms with Gasteiger partial charge in [-0.15, -0.1) is 5.10 Å². The minimum Gasteiger partial charge on any atom is -0.255 e. The highest BCUT2D eigenvalue weighted by molar-refractivity contribution is 7.09. The summed E-state index contributed by atoms with van der Waals surface area (Å²) in [5.41, 5.74) is 0.877. The highest BCUT2D eigenvalue weighted by atomic mass is 32.1. The van der Waals surface area contributed by atoms with Crippen molar-refractivity contribution in [1.82, 2.24) is 14.6 Å². The fourth-order valence-corrected chi connectivity index (χ4v) is 1.21. The first-order valence-electron chi connectivity index (χ1n) is 3.08. The van der Waals surface area contributed by atoms with E-state index in [2.05, 4.69) is 20.8 Å². The van der Waals surface area contributed by atoms with Gasteiger partial charge in [0.05, 0.1) is 5.69 Å². The third-order valence-electron chi connectivity index (χ3n) is 1.22. The predicted molar refractivity (Wildman–Crippen MR) is 42.0 cm³/mol. The van der Waals surface area contributed by atoms with Gasteiger partial charge in [-0.25, -0.2) is 0 Å². The van der Waals surface area contributed by atoms with Crippen LogP contribution in [0.2, 0.25) is 0 Å². The molecule has 2 aromatic heterocycles. The monoisotopic (exact) mass is 162 g/mol. The molecular formula is C7H4N3S. The molecule has 0 fully saturated rings. The topological polar surface area (TPSA) is 38.7 Å². The standard InChI is InChI=1S/C7H4N3S/c1-2-4-8-6(3-1)7-5-9-10-11-7/h1-4H. The highest BCUT2D eigenvalue weighted by Crippen LogP contribution is 2.16. The van der Waals surface area contributed by atoms with Gasteiger partial charge < -0.3 is 0 Å². The first-order valence-corrected chi connectivity index (χ1v) is 3.85. The third kappa shape index (κ3) is 1.25. The van der Waals surface area contributed by atoms with Gasteiger partial charge in [0, 0.05) is 6.20 Å². The van der Waals surface area contributed by atoms with Crippen LogP contribution < -0.4 is 0 Å². The zero-order valence-corrected chi connectivity index (χ0v) is 6.38. The van der Waals surface area contributed by atoms with Crippen molar-refractivity contribution in [3.63, 3.8) is 0 Å². The van der Waals surface area contributed by atoms with Gasteiger partial charge >= 0.3 is 0 Å². The van der Waals surface area contributed by atoms with Crippen LogP contribution in [0, 0.1) is 6.20 Å². The minimum absolute atomic E-state index is 0.877. The van der Waals surface area contributed by atoms with Gasteiger partial charge in [-0.1, -0.05) is 10.6 Å². The molecule has 2 aromatic rings. The Morgan fingerprint density at radius 1 is 1.36 bits per heavy atom. The first kappa shape index (κ1) is 6.42. The molecule has 0 aliphatic rings. The Morgan fingerprint density at radius 3 is 3.00 bits per heavy atom.